The average molecular weight is 646 g/mol. The predicted molar refractivity (Wildman–Crippen MR) is 172 cm³/mol. The predicted octanol–water partition coefficient (Wildman–Crippen LogP) is 2.98. The van der Waals surface area contributed by atoms with Crippen LogP contribution in [0.3, 0.4) is 0 Å². The van der Waals surface area contributed by atoms with Crippen LogP contribution in [0.5, 0.6) is 0 Å². The average Bonchev–Trinajstić information content (AvgIpc) is 3.71. The highest BCUT2D eigenvalue weighted by atomic mass is 31.2. The second-order valence-electron chi connectivity index (χ2n) is 12.0. The summed E-state index contributed by atoms with van der Waals surface area (Å²) in [6.45, 7) is 17.7. The molecule has 1 saturated carbocycles. The third-order valence-electron chi connectivity index (χ3n) is 7.77. The van der Waals surface area contributed by atoms with Crippen molar-refractivity contribution >= 4 is 36.7 Å². The number of amides is 2. The van der Waals surface area contributed by atoms with Crippen LogP contribution in [-0.2, 0) is 9.09 Å². The molecule has 4 rings (SSSR count). The van der Waals surface area contributed by atoms with Crippen molar-refractivity contribution in [2.45, 2.75) is 92.8 Å². The Morgan fingerprint density at radius 3 is 2.40 bits per heavy atom. The number of aromatic nitrogens is 3. The van der Waals surface area contributed by atoms with Crippen LogP contribution in [0.15, 0.2) is 30.7 Å². The number of rotatable bonds is 13. The lowest BCUT2D eigenvalue weighted by Gasteiger charge is -2.25. The summed E-state index contributed by atoms with van der Waals surface area (Å²) in [7, 11) is -4.99. The molecule has 1 aliphatic carbocycles. The van der Waals surface area contributed by atoms with E-state index in [0.29, 0.717) is 34.6 Å². The van der Waals surface area contributed by atoms with Gasteiger partial charge in [0.1, 0.15) is 18.6 Å². The van der Waals surface area contributed by atoms with Gasteiger partial charge >= 0.3 is 0 Å². The van der Waals surface area contributed by atoms with E-state index < -0.39 is 20.5 Å². The first-order valence-corrected chi connectivity index (χ1v) is 17.0. The summed E-state index contributed by atoms with van der Waals surface area (Å²) >= 11 is 0. The van der Waals surface area contributed by atoms with Crippen molar-refractivity contribution in [3.8, 4) is 0 Å². The molecule has 0 aliphatic heterocycles. The highest BCUT2D eigenvalue weighted by Gasteiger charge is 2.25. The lowest BCUT2D eigenvalue weighted by molar-refractivity contribution is -0.940. The molecule has 0 bridgehead atoms. The normalized spacial score (nSPS) is 14.3. The van der Waals surface area contributed by atoms with Gasteiger partial charge in [-0.15, -0.1) is 0 Å². The fourth-order valence-electron chi connectivity index (χ4n) is 5.28. The minimum atomic E-state index is -4.99. The van der Waals surface area contributed by atoms with Crippen molar-refractivity contribution < 1.29 is 33.4 Å². The van der Waals surface area contributed by atoms with Crippen molar-refractivity contribution in [2.75, 3.05) is 25.1 Å². The number of benzene rings is 1. The number of hydrogen-bond acceptors (Lipinski definition) is 8. The van der Waals surface area contributed by atoms with E-state index in [4.69, 9.17) is 4.89 Å². The van der Waals surface area contributed by atoms with E-state index in [2.05, 4.69) is 59.9 Å². The molecule has 4 N–H and O–H groups in total. The molecule has 13 nitrogen and oxygen atoms in total. The molecule has 1 unspecified atom stereocenters. The summed E-state index contributed by atoms with van der Waals surface area (Å²) in [4.78, 5) is 53.0. The number of carbonyl (C=O) groups excluding carboxylic acids is 2. The number of nitrogens with zero attached hydrogens (tertiary/aromatic N) is 4. The maximum absolute atomic E-state index is 13.2. The van der Waals surface area contributed by atoms with Crippen LogP contribution < -0.4 is 20.4 Å². The number of phosphoric ester groups is 1. The molecule has 2 heterocycles. The van der Waals surface area contributed by atoms with Gasteiger partial charge in [-0.3, -0.25) is 18.7 Å². The zero-order valence-electron chi connectivity index (χ0n) is 27.6. The topological polar surface area (TPSA) is 166 Å². The highest BCUT2D eigenvalue weighted by Crippen LogP contribution is 2.32. The minimum absolute atomic E-state index is 0.135. The van der Waals surface area contributed by atoms with Gasteiger partial charge in [-0.1, -0.05) is 13.0 Å². The Morgan fingerprint density at radius 2 is 1.87 bits per heavy atom. The summed E-state index contributed by atoms with van der Waals surface area (Å²) < 4.78 is 17.0. The van der Waals surface area contributed by atoms with Crippen molar-refractivity contribution in [3.63, 3.8) is 0 Å². The van der Waals surface area contributed by atoms with Gasteiger partial charge in [-0.2, -0.15) is 5.10 Å². The number of quaternary nitrogens is 1. The zero-order valence-corrected chi connectivity index (χ0v) is 28.5. The Hall–Kier alpha value is -3.35. The molecule has 1 fully saturated rings. The van der Waals surface area contributed by atoms with Gasteiger partial charge < -0.3 is 30.2 Å². The first-order valence-electron chi connectivity index (χ1n) is 15.5. The minimum Gasteiger partial charge on any atom is -0.756 e. The number of fused-ring (bicyclic) bond motifs is 1. The summed E-state index contributed by atoms with van der Waals surface area (Å²) in [5, 5.41) is 10.4. The quantitative estimate of drug-likeness (QED) is 0.162. The molecule has 1 aliphatic rings. The number of anilines is 2. The Morgan fingerprint density at radius 1 is 1.20 bits per heavy atom. The largest absolute Gasteiger partial charge is 0.756 e. The second-order valence-corrected chi connectivity index (χ2v) is 13.2. The lowest BCUT2D eigenvalue weighted by atomic mass is 10.1. The third-order valence-corrected chi connectivity index (χ3v) is 8.21. The molecule has 2 aromatic heterocycles. The van der Waals surface area contributed by atoms with Crippen LogP contribution in [0.25, 0.3) is 5.52 Å². The number of aryl methyl sites for hydroxylation is 2. The van der Waals surface area contributed by atoms with Crippen molar-refractivity contribution in [1.82, 2.24) is 24.8 Å². The standard InChI is InChI=1S/C23H29N6O6P.C8H19N/c1-4-9-28(13-35-36(32,33)34)23(31)18-11-29-20(15(18)3)21(24-12-25-29)27-19-10-16(6-5-14(19)2)22(30)26-17-7-8-17;1-6-9(7(2)3)8(4)5/h5-6,10-12,17H,4,7-9,13H2,1-3H3,(H,26,30)(H,24,25,27)(H2,32,33,34);7-8H,6H2,1-5H3. The van der Waals surface area contributed by atoms with E-state index >= 15 is 0 Å². The van der Waals surface area contributed by atoms with Crippen LogP contribution in [0, 0.1) is 13.8 Å². The molecule has 2 amide bonds. The van der Waals surface area contributed by atoms with Crippen LogP contribution in [-0.4, -0.2) is 74.2 Å². The molecule has 0 saturated heterocycles. The first-order chi connectivity index (χ1) is 21.2. The van der Waals surface area contributed by atoms with E-state index in [1.165, 1.54) is 28.5 Å². The number of hydrogen-bond donors (Lipinski definition) is 4. The maximum atomic E-state index is 13.2. The number of phosphoric acid groups is 1. The van der Waals surface area contributed by atoms with Crippen molar-refractivity contribution in [1.29, 1.82) is 0 Å². The highest BCUT2D eigenvalue weighted by molar-refractivity contribution is 7.44. The van der Waals surface area contributed by atoms with Gasteiger partial charge in [-0.25, -0.2) is 9.50 Å². The van der Waals surface area contributed by atoms with Crippen LogP contribution >= 0.6 is 7.82 Å². The van der Waals surface area contributed by atoms with Gasteiger partial charge in [0.15, 0.2) is 5.82 Å². The van der Waals surface area contributed by atoms with Gasteiger partial charge in [0.2, 0.25) is 0 Å². The summed E-state index contributed by atoms with van der Waals surface area (Å²) in [6.07, 6.45) is 5.41. The van der Waals surface area contributed by atoms with Crippen LogP contribution in [0.1, 0.15) is 92.6 Å². The van der Waals surface area contributed by atoms with E-state index in [1.807, 2.05) is 19.9 Å². The lowest BCUT2D eigenvalue weighted by Crippen LogP contribution is -3.17. The molecule has 1 aromatic carbocycles. The Labute approximate surface area is 265 Å². The first kappa shape index (κ1) is 36.1. The van der Waals surface area contributed by atoms with Gasteiger partial charge in [0.05, 0.1) is 24.2 Å². The zero-order chi connectivity index (χ0) is 33.5. The number of carbonyl (C=O) groups is 2. The Kier molecular flexibility index (Phi) is 12.7. The smallest absolute Gasteiger partial charge is 0.266 e. The molecule has 0 spiro atoms. The van der Waals surface area contributed by atoms with E-state index in [0.717, 1.165) is 30.5 Å². The molecular weight excluding hydrogens is 597 g/mol. The van der Waals surface area contributed by atoms with Gasteiger partial charge in [0.25, 0.3) is 19.6 Å². The van der Waals surface area contributed by atoms with Crippen molar-refractivity contribution in [2.24, 2.45) is 0 Å². The summed E-state index contributed by atoms with van der Waals surface area (Å²) in [5.74, 6) is -0.180. The van der Waals surface area contributed by atoms with Crippen LogP contribution in [0.2, 0.25) is 0 Å². The Bertz CT molecular complexity index is 1510. The Balaban J connectivity index is 0.000000535. The van der Waals surface area contributed by atoms with E-state index in [9.17, 15) is 19.0 Å². The molecule has 3 aromatic rings. The van der Waals surface area contributed by atoms with Crippen molar-refractivity contribution in [3.05, 3.63) is 53.0 Å². The monoisotopic (exact) mass is 645 g/mol. The molecule has 14 heteroatoms. The SMILES string of the molecule is CCCN(COP(=O)([O-])O)C(=O)c1cn2ncnc(Nc3cc(C(=O)NC4CC4)ccc3C)c2c1C.CC[NH+](C(C)C)C(C)C. The van der Waals surface area contributed by atoms with Gasteiger partial charge in [0, 0.05) is 30.0 Å². The van der Waals surface area contributed by atoms with Gasteiger partial charge in [-0.05, 0) is 91.0 Å². The molecule has 1 atom stereocenters. The fourth-order valence-corrected chi connectivity index (χ4v) is 5.57. The maximum Gasteiger partial charge on any atom is 0.266 e. The molecular formula is C31H48N7O6P. The summed E-state index contributed by atoms with van der Waals surface area (Å²) in [6, 6.07) is 7.16. The molecule has 0 radical (unpaired) electrons. The molecule has 45 heavy (non-hydrogen) atoms. The second kappa shape index (κ2) is 15.8. The number of nitrogens with one attached hydrogen (secondary N) is 3. The third kappa shape index (κ3) is 10.1. The molecule has 248 valence electrons. The van der Waals surface area contributed by atoms with E-state index in [1.54, 1.807) is 24.0 Å². The summed E-state index contributed by atoms with van der Waals surface area (Å²) in [5.41, 5.74) is 3.50. The van der Waals surface area contributed by atoms with Crippen LogP contribution in [0.4, 0.5) is 11.5 Å². The fraction of sp³-hybridized carbons (Fsp3) is 0.548. The van der Waals surface area contributed by atoms with E-state index in [-0.39, 0.29) is 24.1 Å².